The van der Waals surface area contributed by atoms with Gasteiger partial charge in [0.2, 0.25) is 11.8 Å². The second-order valence-electron chi connectivity index (χ2n) is 7.02. The number of nitrogens with zero attached hydrogens (tertiary/aromatic N) is 4. The smallest absolute Gasteiger partial charge is 0.312 e. The summed E-state index contributed by atoms with van der Waals surface area (Å²) in [7, 11) is 0. The van der Waals surface area contributed by atoms with Gasteiger partial charge in [-0.2, -0.15) is 0 Å². The van der Waals surface area contributed by atoms with Crippen molar-refractivity contribution in [2.45, 2.75) is 13.1 Å². The summed E-state index contributed by atoms with van der Waals surface area (Å²) in [6, 6.07) is 11.8. The number of aliphatic hydroxyl groups excluding tert-OH is 1. The number of anilines is 2. The third-order valence-electron chi connectivity index (χ3n) is 4.87. The van der Waals surface area contributed by atoms with Gasteiger partial charge in [0.05, 0.1) is 23.7 Å². The zero-order valence-corrected chi connectivity index (χ0v) is 17.7. The van der Waals surface area contributed by atoms with Crippen molar-refractivity contribution in [1.29, 1.82) is 0 Å². The number of rotatable bonds is 6. The number of aliphatic hydroxyl groups is 1. The van der Waals surface area contributed by atoms with Crippen LogP contribution in [0, 0.1) is 0 Å². The van der Waals surface area contributed by atoms with E-state index in [1.54, 1.807) is 18.2 Å². The van der Waals surface area contributed by atoms with Gasteiger partial charge in [-0.05, 0) is 29.8 Å². The second-order valence-corrected chi connectivity index (χ2v) is 7.42. The molecule has 0 fully saturated rings. The van der Waals surface area contributed by atoms with E-state index in [-0.39, 0.29) is 61.2 Å². The van der Waals surface area contributed by atoms with Gasteiger partial charge < -0.3 is 24.9 Å². The molecule has 0 spiro atoms. The molecule has 0 saturated heterocycles. The second kappa shape index (κ2) is 9.25. The lowest BCUT2D eigenvalue weighted by Crippen LogP contribution is -2.40. The van der Waals surface area contributed by atoms with Crippen molar-refractivity contribution in [2.24, 2.45) is 0 Å². The summed E-state index contributed by atoms with van der Waals surface area (Å²) in [5.74, 6) is -0.0914. The first kappa shape index (κ1) is 21.6. The number of benzene rings is 2. The Morgan fingerprint density at radius 1 is 1.22 bits per heavy atom. The van der Waals surface area contributed by atoms with Crippen LogP contribution >= 0.6 is 11.6 Å². The number of carbonyl (C=O) groups excluding carboxylic acids is 2. The molecule has 0 bridgehead atoms. The lowest BCUT2D eigenvalue weighted by Gasteiger charge is -2.23. The molecular weight excluding hydrogens is 438 g/mol. The first-order valence-electron chi connectivity index (χ1n) is 9.75. The molecule has 4 rings (SSSR count). The predicted molar refractivity (Wildman–Crippen MR) is 115 cm³/mol. The molecule has 166 valence electrons. The Bertz CT molecular complexity index is 1150. The minimum Gasteiger partial charge on any atom is -0.491 e. The first-order chi connectivity index (χ1) is 15.5. The number of aromatic nitrogens is 2. The van der Waals surface area contributed by atoms with Gasteiger partial charge >= 0.3 is 6.01 Å². The highest BCUT2D eigenvalue weighted by Crippen LogP contribution is 2.30. The quantitative estimate of drug-likeness (QED) is 0.572. The summed E-state index contributed by atoms with van der Waals surface area (Å²) in [6.07, 6.45) is 0. The van der Waals surface area contributed by atoms with Gasteiger partial charge in [0.25, 0.3) is 5.91 Å². The molecule has 0 radical (unpaired) electrons. The third-order valence-corrected chi connectivity index (χ3v) is 5.19. The number of nitrogen functional groups attached to an aromatic ring is 1. The van der Waals surface area contributed by atoms with E-state index in [2.05, 4.69) is 10.2 Å². The number of amides is 2. The Morgan fingerprint density at radius 2 is 2.03 bits per heavy atom. The summed E-state index contributed by atoms with van der Waals surface area (Å²) in [5, 5.41) is 16.5. The SMILES string of the molecule is Nc1nnc(CN2Cc3ccccc3N(C(=O)c3ccc(OCCO)cc3Cl)CC2=O)o1. The van der Waals surface area contributed by atoms with Gasteiger partial charge in [-0.1, -0.05) is 34.9 Å². The van der Waals surface area contributed by atoms with Crippen molar-refractivity contribution >= 4 is 35.1 Å². The Balaban J connectivity index is 1.63. The number of nitrogens with two attached hydrogens (primary N) is 1. The number of ether oxygens (including phenoxy) is 1. The zero-order valence-electron chi connectivity index (χ0n) is 16.9. The van der Waals surface area contributed by atoms with Crippen LogP contribution in [-0.4, -0.2) is 51.8 Å². The summed E-state index contributed by atoms with van der Waals surface area (Å²) in [5.41, 5.74) is 7.08. The fourth-order valence-corrected chi connectivity index (χ4v) is 3.66. The minimum absolute atomic E-state index is 0.0665. The Labute approximate surface area is 188 Å². The summed E-state index contributed by atoms with van der Waals surface area (Å²) in [4.78, 5) is 29.4. The lowest BCUT2D eigenvalue weighted by molar-refractivity contribution is -0.131. The topological polar surface area (TPSA) is 135 Å². The van der Waals surface area contributed by atoms with Crippen LogP contribution in [0.4, 0.5) is 11.7 Å². The standard InChI is InChI=1S/C21H20ClN5O5/c22-16-9-14(31-8-7-28)5-6-15(16)20(30)27-12-19(29)26(11-18-24-25-21(23)32-18)10-13-3-1-2-4-17(13)27/h1-6,9,28H,7-8,10-12H2,(H2,23,25). The highest BCUT2D eigenvalue weighted by molar-refractivity contribution is 6.34. The third kappa shape index (κ3) is 4.51. The van der Waals surface area contributed by atoms with Gasteiger partial charge in [-0.15, -0.1) is 5.10 Å². The number of hydrogen-bond acceptors (Lipinski definition) is 8. The van der Waals surface area contributed by atoms with Crippen LogP contribution < -0.4 is 15.4 Å². The van der Waals surface area contributed by atoms with Crippen molar-refractivity contribution in [3.63, 3.8) is 0 Å². The van der Waals surface area contributed by atoms with Crippen LogP contribution in [0.15, 0.2) is 46.9 Å². The van der Waals surface area contributed by atoms with E-state index in [1.165, 1.54) is 21.9 Å². The van der Waals surface area contributed by atoms with E-state index in [4.69, 9.17) is 31.6 Å². The van der Waals surface area contributed by atoms with E-state index in [9.17, 15) is 9.59 Å². The maximum absolute atomic E-state index is 13.4. The van der Waals surface area contributed by atoms with Crippen LogP contribution in [-0.2, 0) is 17.9 Å². The fraction of sp³-hybridized carbons (Fsp3) is 0.238. The molecule has 10 nitrogen and oxygen atoms in total. The highest BCUT2D eigenvalue weighted by atomic mass is 35.5. The molecule has 3 N–H and O–H groups in total. The molecule has 0 aliphatic carbocycles. The lowest BCUT2D eigenvalue weighted by atomic mass is 10.1. The number of fused-ring (bicyclic) bond motifs is 1. The largest absolute Gasteiger partial charge is 0.491 e. The number of carbonyl (C=O) groups is 2. The normalized spacial score (nSPS) is 13.6. The number of halogens is 1. The highest BCUT2D eigenvalue weighted by Gasteiger charge is 2.31. The van der Waals surface area contributed by atoms with Gasteiger partial charge in [0, 0.05) is 12.2 Å². The zero-order chi connectivity index (χ0) is 22.7. The fourth-order valence-electron chi connectivity index (χ4n) is 3.41. The average molecular weight is 458 g/mol. The molecule has 0 atom stereocenters. The Hall–Kier alpha value is -3.63. The molecular formula is C21H20ClN5O5. The van der Waals surface area contributed by atoms with Gasteiger partial charge in [0.1, 0.15) is 18.9 Å². The van der Waals surface area contributed by atoms with E-state index in [1.807, 2.05) is 12.1 Å². The van der Waals surface area contributed by atoms with E-state index < -0.39 is 5.91 Å². The predicted octanol–water partition coefficient (Wildman–Crippen LogP) is 1.87. The van der Waals surface area contributed by atoms with Crippen LogP contribution in [0.1, 0.15) is 21.8 Å². The molecule has 0 saturated carbocycles. The van der Waals surface area contributed by atoms with Crippen LogP contribution in [0.2, 0.25) is 5.02 Å². The molecule has 32 heavy (non-hydrogen) atoms. The van der Waals surface area contributed by atoms with Crippen LogP contribution in [0.3, 0.4) is 0 Å². The van der Waals surface area contributed by atoms with Crippen molar-refractivity contribution < 1.29 is 23.8 Å². The molecule has 1 aromatic heterocycles. The van der Waals surface area contributed by atoms with Crippen LogP contribution in [0.5, 0.6) is 5.75 Å². The molecule has 2 heterocycles. The monoisotopic (exact) mass is 457 g/mol. The van der Waals surface area contributed by atoms with E-state index in [0.29, 0.717) is 11.4 Å². The van der Waals surface area contributed by atoms with Crippen molar-refractivity contribution in [2.75, 3.05) is 30.4 Å². The molecule has 0 unspecified atom stereocenters. The van der Waals surface area contributed by atoms with E-state index in [0.717, 1.165) is 5.56 Å². The molecule has 1 aliphatic heterocycles. The summed E-state index contributed by atoms with van der Waals surface area (Å²) >= 11 is 6.34. The molecule has 1 aliphatic rings. The maximum Gasteiger partial charge on any atom is 0.312 e. The summed E-state index contributed by atoms with van der Waals surface area (Å²) in [6.45, 7) is 0.0924. The van der Waals surface area contributed by atoms with Crippen molar-refractivity contribution in [3.05, 3.63) is 64.5 Å². The number of hydrogen-bond donors (Lipinski definition) is 2. The number of para-hydroxylation sites is 1. The minimum atomic E-state index is -0.423. The first-order valence-corrected chi connectivity index (χ1v) is 10.1. The molecule has 11 heteroatoms. The Morgan fingerprint density at radius 3 is 2.75 bits per heavy atom. The van der Waals surface area contributed by atoms with Crippen molar-refractivity contribution in [3.8, 4) is 5.75 Å². The van der Waals surface area contributed by atoms with E-state index >= 15 is 0 Å². The molecule has 2 aromatic carbocycles. The van der Waals surface area contributed by atoms with Gasteiger partial charge in [-0.3, -0.25) is 14.5 Å². The molecule has 3 aromatic rings. The van der Waals surface area contributed by atoms with Gasteiger partial charge in [-0.25, -0.2) is 0 Å². The van der Waals surface area contributed by atoms with Crippen LogP contribution in [0.25, 0.3) is 0 Å². The van der Waals surface area contributed by atoms with Gasteiger partial charge in [0.15, 0.2) is 0 Å². The Kier molecular flexibility index (Phi) is 6.24. The average Bonchev–Trinajstić information content (AvgIpc) is 3.13. The maximum atomic E-state index is 13.4. The molecule has 2 amide bonds. The summed E-state index contributed by atoms with van der Waals surface area (Å²) < 4.78 is 10.5. The van der Waals surface area contributed by atoms with Crippen molar-refractivity contribution in [1.82, 2.24) is 15.1 Å².